The Morgan fingerprint density at radius 3 is 2.41 bits per heavy atom. The van der Waals surface area contributed by atoms with Crippen LogP contribution in [0.3, 0.4) is 0 Å². The molecule has 1 heterocycles. The lowest BCUT2D eigenvalue weighted by molar-refractivity contribution is 0.0696. The largest absolute Gasteiger partial charge is 0.478 e. The van der Waals surface area contributed by atoms with E-state index < -0.39 is 5.97 Å². The summed E-state index contributed by atoms with van der Waals surface area (Å²) in [6.45, 7) is 4.61. The second-order valence-corrected chi connectivity index (χ2v) is 5.15. The first-order valence-electron chi connectivity index (χ1n) is 7.31. The van der Waals surface area contributed by atoms with Crippen molar-refractivity contribution >= 4 is 12.3 Å². The van der Waals surface area contributed by atoms with Crippen molar-refractivity contribution in [2.24, 2.45) is 0 Å². The fraction of sp³-hybridized carbons (Fsp3) is 0.375. The molecule has 0 bridgehead atoms. The monoisotopic (exact) mass is 301 g/mol. The van der Waals surface area contributed by atoms with Crippen molar-refractivity contribution in [3.63, 3.8) is 0 Å². The van der Waals surface area contributed by atoms with Gasteiger partial charge in [-0.2, -0.15) is 0 Å². The molecular weight excluding hydrogens is 282 g/mol. The van der Waals surface area contributed by atoms with Crippen LogP contribution in [-0.4, -0.2) is 32.4 Å². The zero-order chi connectivity index (χ0) is 16.1. The highest BCUT2D eigenvalue weighted by molar-refractivity contribution is 5.87. The average molecular weight is 301 g/mol. The first kappa shape index (κ1) is 15.9. The van der Waals surface area contributed by atoms with Crippen LogP contribution in [0.15, 0.2) is 24.3 Å². The Morgan fingerprint density at radius 1 is 1.27 bits per heavy atom. The van der Waals surface area contributed by atoms with E-state index in [1.165, 1.54) is 0 Å². The summed E-state index contributed by atoms with van der Waals surface area (Å²) in [6, 6.07) is 6.63. The maximum absolute atomic E-state index is 11.2. The van der Waals surface area contributed by atoms with E-state index >= 15 is 0 Å². The number of aromatic nitrogens is 3. The summed E-state index contributed by atoms with van der Waals surface area (Å²) in [5.74, 6) is -0.721. The molecule has 0 aliphatic carbocycles. The molecule has 0 spiro atoms. The maximum Gasteiger partial charge on any atom is 0.335 e. The highest BCUT2D eigenvalue weighted by Gasteiger charge is 2.20. The lowest BCUT2D eigenvalue weighted by Crippen LogP contribution is -2.11. The van der Waals surface area contributed by atoms with Crippen LogP contribution in [0.4, 0.5) is 0 Å². The predicted molar refractivity (Wildman–Crippen MR) is 81.2 cm³/mol. The van der Waals surface area contributed by atoms with Gasteiger partial charge in [-0.05, 0) is 30.5 Å². The van der Waals surface area contributed by atoms with Crippen LogP contribution in [0.25, 0.3) is 0 Å². The topological polar surface area (TPSA) is 85.1 Å². The van der Waals surface area contributed by atoms with Gasteiger partial charge in [-0.15, -0.1) is 5.10 Å². The average Bonchev–Trinajstić information content (AvgIpc) is 2.92. The molecule has 0 aliphatic heterocycles. The van der Waals surface area contributed by atoms with Gasteiger partial charge in [0.1, 0.15) is 5.69 Å². The summed E-state index contributed by atoms with van der Waals surface area (Å²) in [4.78, 5) is 22.0. The third-order valence-corrected chi connectivity index (χ3v) is 3.82. The molecule has 0 atom stereocenters. The highest BCUT2D eigenvalue weighted by Crippen LogP contribution is 2.25. The number of carbonyl (C=O) groups excluding carboxylic acids is 1. The molecule has 0 aliphatic rings. The number of rotatable bonds is 7. The van der Waals surface area contributed by atoms with E-state index in [9.17, 15) is 9.59 Å². The normalized spacial score (nSPS) is 10.9. The summed E-state index contributed by atoms with van der Waals surface area (Å²) in [5.41, 5.74) is 2.40. The van der Waals surface area contributed by atoms with E-state index in [1.807, 2.05) is 0 Å². The maximum atomic E-state index is 11.2. The Balaban J connectivity index is 2.31. The van der Waals surface area contributed by atoms with Gasteiger partial charge in [0.2, 0.25) is 0 Å². The molecule has 2 rings (SSSR count). The van der Waals surface area contributed by atoms with Crippen molar-refractivity contribution in [1.82, 2.24) is 15.0 Å². The predicted octanol–water partition coefficient (Wildman–Crippen LogP) is 2.74. The number of carboxylic acids is 1. The van der Waals surface area contributed by atoms with Gasteiger partial charge in [-0.3, -0.25) is 4.79 Å². The van der Waals surface area contributed by atoms with Crippen LogP contribution in [0, 0.1) is 0 Å². The van der Waals surface area contributed by atoms with Crippen molar-refractivity contribution in [1.29, 1.82) is 0 Å². The second kappa shape index (κ2) is 6.98. The van der Waals surface area contributed by atoms with E-state index in [0.717, 1.165) is 30.4 Å². The number of nitrogens with zero attached hydrogens (tertiary/aromatic N) is 3. The lowest BCUT2D eigenvalue weighted by Gasteiger charge is -2.15. The fourth-order valence-electron chi connectivity index (χ4n) is 2.56. The first-order chi connectivity index (χ1) is 10.6. The van der Waals surface area contributed by atoms with Crippen LogP contribution < -0.4 is 0 Å². The number of carbonyl (C=O) groups is 2. The number of aldehydes is 1. The minimum absolute atomic E-state index is 0.230. The molecule has 0 radical (unpaired) electrons. The van der Waals surface area contributed by atoms with Crippen molar-refractivity contribution in [3.8, 4) is 0 Å². The minimum atomic E-state index is -0.951. The number of hydrogen-bond donors (Lipinski definition) is 1. The quantitative estimate of drug-likeness (QED) is 0.795. The smallest absolute Gasteiger partial charge is 0.335 e. The number of benzene rings is 1. The SMILES string of the molecule is CCC(CC)c1c(C=O)nnn1Cc1ccc(C(=O)O)cc1. The molecular formula is C16H19N3O3. The lowest BCUT2D eigenvalue weighted by atomic mass is 9.97. The van der Waals surface area contributed by atoms with E-state index in [4.69, 9.17) is 5.11 Å². The molecule has 0 saturated heterocycles. The standard InChI is InChI=1S/C16H19N3O3/c1-3-12(4-2)15-14(10-20)17-18-19(15)9-11-5-7-13(8-6-11)16(21)22/h5-8,10,12H,3-4,9H2,1-2H3,(H,21,22). The van der Waals surface area contributed by atoms with Gasteiger partial charge in [0.05, 0.1) is 17.8 Å². The molecule has 1 aromatic heterocycles. The molecule has 1 N–H and O–H groups in total. The van der Waals surface area contributed by atoms with Crippen LogP contribution in [-0.2, 0) is 6.54 Å². The summed E-state index contributed by atoms with van der Waals surface area (Å²) < 4.78 is 1.73. The second-order valence-electron chi connectivity index (χ2n) is 5.15. The molecule has 22 heavy (non-hydrogen) atoms. The Labute approximate surface area is 128 Å². The molecule has 0 fully saturated rings. The van der Waals surface area contributed by atoms with Crippen LogP contribution in [0.5, 0.6) is 0 Å². The number of aromatic carboxylic acids is 1. The summed E-state index contributed by atoms with van der Waals surface area (Å²) in [6.07, 6.45) is 2.55. The Morgan fingerprint density at radius 2 is 1.91 bits per heavy atom. The van der Waals surface area contributed by atoms with Crippen molar-refractivity contribution in [3.05, 3.63) is 46.8 Å². The summed E-state index contributed by atoms with van der Waals surface area (Å²) in [7, 11) is 0. The zero-order valence-corrected chi connectivity index (χ0v) is 12.7. The van der Waals surface area contributed by atoms with Crippen molar-refractivity contribution in [2.45, 2.75) is 39.2 Å². The zero-order valence-electron chi connectivity index (χ0n) is 12.7. The van der Waals surface area contributed by atoms with Crippen molar-refractivity contribution in [2.75, 3.05) is 0 Å². The summed E-state index contributed by atoms with van der Waals surface area (Å²) >= 11 is 0. The number of carboxylic acid groups (broad SMARTS) is 1. The molecule has 0 amide bonds. The Kier molecular flexibility index (Phi) is 5.04. The molecule has 6 nitrogen and oxygen atoms in total. The molecule has 0 unspecified atom stereocenters. The van der Waals surface area contributed by atoms with Crippen LogP contribution >= 0.6 is 0 Å². The van der Waals surface area contributed by atoms with Gasteiger partial charge in [-0.25, -0.2) is 9.48 Å². The van der Waals surface area contributed by atoms with E-state index in [2.05, 4.69) is 24.2 Å². The molecule has 116 valence electrons. The molecule has 6 heteroatoms. The van der Waals surface area contributed by atoms with E-state index in [1.54, 1.807) is 28.9 Å². The highest BCUT2D eigenvalue weighted by atomic mass is 16.4. The molecule has 0 saturated carbocycles. The van der Waals surface area contributed by atoms with E-state index in [0.29, 0.717) is 12.2 Å². The molecule has 1 aromatic carbocycles. The Hall–Kier alpha value is -2.50. The third-order valence-electron chi connectivity index (χ3n) is 3.82. The first-order valence-corrected chi connectivity index (χ1v) is 7.31. The minimum Gasteiger partial charge on any atom is -0.478 e. The van der Waals surface area contributed by atoms with Gasteiger partial charge in [0, 0.05) is 5.92 Å². The van der Waals surface area contributed by atoms with E-state index in [-0.39, 0.29) is 11.5 Å². The van der Waals surface area contributed by atoms with Crippen LogP contribution in [0.1, 0.15) is 64.7 Å². The fourth-order valence-corrected chi connectivity index (χ4v) is 2.56. The number of hydrogen-bond acceptors (Lipinski definition) is 4. The van der Waals surface area contributed by atoms with Gasteiger partial charge >= 0.3 is 5.97 Å². The van der Waals surface area contributed by atoms with Gasteiger partial charge in [-0.1, -0.05) is 31.2 Å². The summed E-state index contributed by atoms with van der Waals surface area (Å²) in [5, 5.41) is 16.9. The van der Waals surface area contributed by atoms with Crippen molar-refractivity contribution < 1.29 is 14.7 Å². The Bertz CT molecular complexity index is 658. The van der Waals surface area contributed by atoms with Gasteiger partial charge in [0.15, 0.2) is 6.29 Å². The third kappa shape index (κ3) is 3.21. The van der Waals surface area contributed by atoms with Gasteiger partial charge in [0.25, 0.3) is 0 Å². The van der Waals surface area contributed by atoms with Gasteiger partial charge < -0.3 is 5.11 Å². The molecule has 2 aromatic rings. The van der Waals surface area contributed by atoms with Crippen LogP contribution in [0.2, 0.25) is 0 Å².